The summed E-state index contributed by atoms with van der Waals surface area (Å²) in [6, 6.07) is 3.65. The highest BCUT2D eigenvalue weighted by Crippen LogP contribution is 2.32. The molecular weight excluding hydrogens is 526 g/mol. The summed E-state index contributed by atoms with van der Waals surface area (Å²) in [5, 5.41) is 13.1. The lowest BCUT2D eigenvalue weighted by Crippen LogP contribution is -2.60. The Labute approximate surface area is 235 Å². The van der Waals surface area contributed by atoms with Crippen LogP contribution in [0.5, 0.6) is 11.5 Å². The maximum absolute atomic E-state index is 12.6. The van der Waals surface area contributed by atoms with Gasteiger partial charge in [-0.25, -0.2) is 19.2 Å². The van der Waals surface area contributed by atoms with Gasteiger partial charge in [-0.2, -0.15) is 0 Å². The highest BCUT2D eigenvalue weighted by molar-refractivity contribution is 5.80. The van der Waals surface area contributed by atoms with E-state index in [-0.39, 0.29) is 48.2 Å². The number of carboxylic acid groups (broad SMARTS) is 1. The van der Waals surface area contributed by atoms with E-state index < -0.39 is 42.2 Å². The molecule has 1 aromatic rings. The molecule has 1 unspecified atom stereocenters. The Morgan fingerprint density at radius 3 is 1.80 bits per heavy atom. The molecule has 1 aromatic carbocycles. The van der Waals surface area contributed by atoms with Crippen LogP contribution in [-0.2, 0) is 30.2 Å². The minimum absolute atomic E-state index is 0.0356. The van der Waals surface area contributed by atoms with Crippen molar-refractivity contribution < 1.29 is 52.7 Å². The first kappa shape index (κ1) is 34.5. The number of hydrogen-bond donors (Lipinski definition) is 2. The molecule has 0 aliphatic heterocycles. The zero-order chi connectivity index (χ0) is 30.7. The Kier molecular flexibility index (Phi) is 13.2. The molecule has 0 heterocycles. The molecule has 226 valence electrons. The Balaban J connectivity index is 3.44. The van der Waals surface area contributed by atoms with Gasteiger partial charge in [-0.05, 0) is 63.6 Å². The summed E-state index contributed by atoms with van der Waals surface area (Å²) in [5.41, 5.74) is -2.92. The van der Waals surface area contributed by atoms with Crippen molar-refractivity contribution in [3.63, 3.8) is 0 Å². The number of benzene rings is 1. The second-order valence-electron chi connectivity index (χ2n) is 11.2. The molecule has 0 aliphatic rings. The Bertz CT molecular complexity index is 1020. The van der Waals surface area contributed by atoms with Crippen LogP contribution in [0.25, 0.3) is 0 Å². The zero-order valence-electron chi connectivity index (χ0n) is 24.8. The molecule has 2 atom stereocenters. The highest BCUT2D eigenvalue weighted by Gasteiger charge is 2.45. The summed E-state index contributed by atoms with van der Waals surface area (Å²) >= 11 is 0. The van der Waals surface area contributed by atoms with Crippen LogP contribution >= 0.6 is 0 Å². The van der Waals surface area contributed by atoms with Gasteiger partial charge >= 0.3 is 24.4 Å². The fraction of sp³-hybridized carbons (Fsp3) is 0.643. The molecule has 12 heteroatoms. The predicted molar refractivity (Wildman–Crippen MR) is 144 cm³/mol. The molecule has 12 nitrogen and oxygen atoms in total. The standard InChI is InChI=1S/C28H43NO11/c1-10-19(6)29-28(23(30)31,40-26(34)39-27(7,8)9)14-20-11-12-21(37-24(32)35-15-17(2)3)22(13-20)38-25(33)36-16-18(4)5/h11-13,17-19,29H,10,14-16H2,1-9H3,(H,30,31)/t19?,28-/m0/s1. The van der Waals surface area contributed by atoms with Gasteiger partial charge in [-0.3, -0.25) is 5.32 Å². The molecule has 0 aliphatic carbocycles. The maximum Gasteiger partial charge on any atom is 0.513 e. The van der Waals surface area contributed by atoms with E-state index >= 15 is 0 Å². The number of nitrogens with one attached hydrogen (secondary N) is 1. The summed E-state index contributed by atoms with van der Waals surface area (Å²) in [6.07, 6.45) is -3.14. The molecule has 1 rings (SSSR count). The van der Waals surface area contributed by atoms with Crippen LogP contribution in [0.2, 0.25) is 0 Å². The van der Waals surface area contributed by atoms with Crippen LogP contribution in [0.1, 0.15) is 74.3 Å². The fourth-order valence-corrected chi connectivity index (χ4v) is 3.03. The van der Waals surface area contributed by atoms with Gasteiger partial charge in [0.1, 0.15) is 5.60 Å². The number of aliphatic carboxylic acids is 1. The summed E-state index contributed by atoms with van der Waals surface area (Å²) in [5.74, 6) is -1.77. The molecular formula is C28H43NO11. The minimum atomic E-state index is -2.24. The minimum Gasteiger partial charge on any atom is -0.477 e. The molecule has 0 amide bonds. The first-order valence-corrected chi connectivity index (χ1v) is 13.2. The molecule has 0 fully saturated rings. The normalized spacial score (nSPS) is 13.7. The monoisotopic (exact) mass is 569 g/mol. The topological polar surface area (TPSA) is 156 Å². The van der Waals surface area contributed by atoms with Gasteiger partial charge in [-0.1, -0.05) is 40.7 Å². The summed E-state index contributed by atoms with van der Waals surface area (Å²) in [4.78, 5) is 49.6. The maximum atomic E-state index is 12.6. The van der Waals surface area contributed by atoms with E-state index in [0.717, 1.165) is 0 Å². The second kappa shape index (κ2) is 15.3. The van der Waals surface area contributed by atoms with Crippen molar-refractivity contribution in [3.05, 3.63) is 23.8 Å². The molecule has 40 heavy (non-hydrogen) atoms. The van der Waals surface area contributed by atoms with Crippen LogP contribution in [-0.4, -0.2) is 60.1 Å². The predicted octanol–water partition coefficient (Wildman–Crippen LogP) is 5.69. The Hall–Kier alpha value is -3.54. The van der Waals surface area contributed by atoms with E-state index in [1.165, 1.54) is 18.2 Å². The third-order valence-electron chi connectivity index (χ3n) is 5.00. The van der Waals surface area contributed by atoms with Gasteiger partial charge in [0.15, 0.2) is 11.5 Å². The van der Waals surface area contributed by atoms with Crippen molar-refractivity contribution in [1.82, 2.24) is 5.32 Å². The summed E-state index contributed by atoms with van der Waals surface area (Å²) in [6.45, 7) is 16.0. The molecule has 0 saturated heterocycles. The first-order chi connectivity index (χ1) is 18.5. The number of hydrogen-bond acceptors (Lipinski definition) is 11. The Morgan fingerprint density at radius 2 is 1.35 bits per heavy atom. The average molecular weight is 570 g/mol. The lowest BCUT2D eigenvalue weighted by atomic mass is 10.00. The van der Waals surface area contributed by atoms with Gasteiger partial charge in [0, 0.05) is 12.5 Å². The van der Waals surface area contributed by atoms with Crippen LogP contribution in [0, 0.1) is 11.8 Å². The lowest BCUT2D eigenvalue weighted by molar-refractivity contribution is -0.169. The van der Waals surface area contributed by atoms with Gasteiger partial charge in [-0.15, -0.1) is 0 Å². The molecule has 0 spiro atoms. The van der Waals surface area contributed by atoms with Crippen molar-refractivity contribution in [3.8, 4) is 11.5 Å². The van der Waals surface area contributed by atoms with E-state index in [1.54, 1.807) is 27.7 Å². The average Bonchev–Trinajstić information content (AvgIpc) is 2.81. The fourth-order valence-electron chi connectivity index (χ4n) is 3.03. The van der Waals surface area contributed by atoms with Crippen LogP contribution < -0.4 is 14.8 Å². The number of ether oxygens (including phenoxy) is 6. The van der Waals surface area contributed by atoms with E-state index in [1.807, 2.05) is 34.6 Å². The van der Waals surface area contributed by atoms with E-state index in [9.17, 15) is 24.3 Å². The largest absolute Gasteiger partial charge is 0.513 e. The molecule has 0 aromatic heterocycles. The van der Waals surface area contributed by atoms with E-state index in [2.05, 4.69) is 5.32 Å². The molecule has 2 N–H and O–H groups in total. The zero-order valence-corrected chi connectivity index (χ0v) is 24.8. The van der Waals surface area contributed by atoms with Crippen LogP contribution in [0.4, 0.5) is 14.4 Å². The summed E-state index contributed by atoms with van der Waals surface area (Å²) < 4.78 is 31.2. The number of carbonyl (C=O) groups excluding carboxylic acids is 3. The summed E-state index contributed by atoms with van der Waals surface area (Å²) in [7, 11) is 0. The van der Waals surface area contributed by atoms with Crippen molar-refractivity contribution in [2.24, 2.45) is 11.8 Å². The lowest BCUT2D eigenvalue weighted by Gasteiger charge is -2.33. The first-order valence-electron chi connectivity index (χ1n) is 13.2. The molecule has 0 saturated carbocycles. The SMILES string of the molecule is CCC(C)N[C@@](Cc1ccc(OC(=O)OCC(C)C)c(OC(=O)OCC(C)C)c1)(OC(=O)OC(C)(C)C)C(=O)O. The number of rotatable bonds is 13. The number of carbonyl (C=O) groups is 4. The van der Waals surface area contributed by atoms with Gasteiger partial charge in [0.05, 0.1) is 13.2 Å². The van der Waals surface area contributed by atoms with Gasteiger partial charge in [0.25, 0.3) is 5.72 Å². The quantitative estimate of drug-likeness (QED) is 0.130. The molecule has 0 bridgehead atoms. The van der Waals surface area contributed by atoms with E-state index in [0.29, 0.717) is 6.42 Å². The second-order valence-corrected chi connectivity index (χ2v) is 11.2. The van der Waals surface area contributed by atoms with Crippen molar-refractivity contribution in [2.75, 3.05) is 13.2 Å². The highest BCUT2D eigenvalue weighted by atomic mass is 16.8. The van der Waals surface area contributed by atoms with Gasteiger partial charge in [0.2, 0.25) is 0 Å². The third-order valence-corrected chi connectivity index (χ3v) is 5.00. The third kappa shape index (κ3) is 12.5. The number of carboxylic acids is 1. The van der Waals surface area contributed by atoms with Crippen molar-refractivity contribution >= 4 is 24.4 Å². The van der Waals surface area contributed by atoms with Crippen molar-refractivity contribution in [1.29, 1.82) is 0 Å². The van der Waals surface area contributed by atoms with E-state index in [4.69, 9.17) is 28.4 Å². The van der Waals surface area contributed by atoms with Crippen LogP contribution in [0.15, 0.2) is 18.2 Å². The molecule has 0 radical (unpaired) electrons. The smallest absolute Gasteiger partial charge is 0.477 e. The van der Waals surface area contributed by atoms with Crippen molar-refractivity contribution in [2.45, 2.75) is 92.5 Å². The Morgan fingerprint density at radius 1 is 0.825 bits per heavy atom. The van der Waals surface area contributed by atoms with Crippen LogP contribution in [0.3, 0.4) is 0 Å². The van der Waals surface area contributed by atoms with Gasteiger partial charge < -0.3 is 33.5 Å².